The molecule has 1 aliphatic rings. The van der Waals surface area contributed by atoms with Crippen molar-refractivity contribution in [2.24, 2.45) is 0 Å². The fourth-order valence-electron chi connectivity index (χ4n) is 2.07. The van der Waals surface area contributed by atoms with Crippen LogP contribution in [0.2, 0.25) is 0 Å². The van der Waals surface area contributed by atoms with Gasteiger partial charge in [0.25, 0.3) is 0 Å². The number of hydrogen-bond acceptors (Lipinski definition) is 4. The van der Waals surface area contributed by atoms with E-state index in [1.807, 2.05) is 6.92 Å². The summed E-state index contributed by atoms with van der Waals surface area (Å²) in [7, 11) is 0. The smallest absolute Gasteiger partial charge is 0.301 e. The first kappa shape index (κ1) is 12.1. The second kappa shape index (κ2) is 5.82. The van der Waals surface area contributed by atoms with E-state index in [2.05, 4.69) is 15.6 Å². The molecule has 1 saturated heterocycles. The Labute approximate surface area is 101 Å². The van der Waals surface area contributed by atoms with Gasteiger partial charge in [-0.05, 0) is 32.7 Å². The summed E-state index contributed by atoms with van der Waals surface area (Å²) < 4.78 is 5.07. The monoisotopic (exact) mass is 237 g/mol. The predicted molar refractivity (Wildman–Crippen MR) is 64.7 cm³/mol. The number of aromatic nitrogens is 1. The lowest BCUT2D eigenvalue weighted by Gasteiger charge is -2.22. The number of oxazole rings is 1. The highest BCUT2D eigenvalue weighted by Gasteiger charge is 2.14. The highest BCUT2D eigenvalue weighted by Crippen LogP contribution is 2.13. The van der Waals surface area contributed by atoms with Crippen molar-refractivity contribution >= 4 is 11.9 Å². The zero-order valence-electron chi connectivity index (χ0n) is 10.2. The van der Waals surface area contributed by atoms with E-state index in [0.717, 1.165) is 18.7 Å². The number of amides is 1. The molecule has 1 aromatic heterocycles. The Morgan fingerprint density at radius 1 is 1.65 bits per heavy atom. The molecular formula is C12H19N3O2. The summed E-state index contributed by atoms with van der Waals surface area (Å²) >= 11 is 0. The van der Waals surface area contributed by atoms with Crippen LogP contribution in [0.15, 0.2) is 10.7 Å². The lowest BCUT2D eigenvalue weighted by Crippen LogP contribution is -2.34. The van der Waals surface area contributed by atoms with Crippen LogP contribution >= 0.6 is 0 Å². The lowest BCUT2D eigenvalue weighted by atomic mass is 10.0. The van der Waals surface area contributed by atoms with E-state index in [-0.39, 0.29) is 5.91 Å². The van der Waals surface area contributed by atoms with Crippen LogP contribution < -0.4 is 10.6 Å². The topological polar surface area (TPSA) is 67.2 Å². The molecule has 2 rings (SSSR count). The number of piperidine rings is 1. The van der Waals surface area contributed by atoms with E-state index in [9.17, 15) is 4.79 Å². The Balaban J connectivity index is 1.70. The molecule has 1 aliphatic heterocycles. The van der Waals surface area contributed by atoms with Crippen molar-refractivity contribution in [1.29, 1.82) is 0 Å². The molecule has 5 nitrogen and oxygen atoms in total. The van der Waals surface area contributed by atoms with Crippen LogP contribution in [-0.4, -0.2) is 23.5 Å². The van der Waals surface area contributed by atoms with E-state index in [0.29, 0.717) is 18.5 Å². The number of carbonyl (C=O) groups excluding carboxylic acids is 1. The first-order valence-electron chi connectivity index (χ1n) is 6.19. The van der Waals surface area contributed by atoms with Gasteiger partial charge in [-0.1, -0.05) is 6.42 Å². The Morgan fingerprint density at radius 2 is 2.53 bits per heavy atom. The molecule has 0 spiro atoms. The van der Waals surface area contributed by atoms with Crippen LogP contribution in [0.3, 0.4) is 0 Å². The number of aryl methyl sites for hydroxylation is 1. The van der Waals surface area contributed by atoms with Crippen molar-refractivity contribution in [3.05, 3.63) is 12.0 Å². The van der Waals surface area contributed by atoms with Crippen molar-refractivity contribution < 1.29 is 9.21 Å². The van der Waals surface area contributed by atoms with Gasteiger partial charge in [0.1, 0.15) is 6.26 Å². The zero-order chi connectivity index (χ0) is 12.1. The van der Waals surface area contributed by atoms with Crippen LogP contribution in [0.25, 0.3) is 0 Å². The SMILES string of the molecule is Cc1coc(NC(=O)CCC2CCCCN2)n1. The molecular weight excluding hydrogens is 218 g/mol. The summed E-state index contributed by atoms with van der Waals surface area (Å²) in [4.78, 5) is 15.7. The number of nitrogens with zero attached hydrogens (tertiary/aromatic N) is 1. The van der Waals surface area contributed by atoms with Crippen LogP contribution in [-0.2, 0) is 4.79 Å². The quantitative estimate of drug-likeness (QED) is 0.838. The first-order valence-corrected chi connectivity index (χ1v) is 6.19. The molecule has 0 radical (unpaired) electrons. The maximum Gasteiger partial charge on any atom is 0.301 e. The minimum Gasteiger partial charge on any atom is -0.432 e. The van der Waals surface area contributed by atoms with Crippen molar-refractivity contribution in [3.63, 3.8) is 0 Å². The maximum atomic E-state index is 11.6. The van der Waals surface area contributed by atoms with Gasteiger partial charge >= 0.3 is 6.01 Å². The highest BCUT2D eigenvalue weighted by atomic mass is 16.4. The number of hydrogen-bond donors (Lipinski definition) is 2. The Hall–Kier alpha value is -1.36. The average molecular weight is 237 g/mol. The van der Waals surface area contributed by atoms with Crippen molar-refractivity contribution in [1.82, 2.24) is 10.3 Å². The van der Waals surface area contributed by atoms with E-state index in [4.69, 9.17) is 4.42 Å². The third kappa shape index (κ3) is 3.85. The highest BCUT2D eigenvalue weighted by molar-refractivity contribution is 5.88. The third-order valence-electron chi connectivity index (χ3n) is 3.00. The molecule has 0 aromatic carbocycles. The van der Waals surface area contributed by atoms with Crippen molar-refractivity contribution in [2.75, 3.05) is 11.9 Å². The predicted octanol–water partition coefficient (Wildman–Crippen LogP) is 1.84. The molecule has 1 unspecified atom stereocenters. The summed E-state index contributed by atoms with van der Waals surface area (Å²) in [6, 6.07) is 0.782. The number of anilines is 1. The molecule has 1 amide bonds. The van der Waals surface area contributed by atoms with Gasteiger partial charge in [0, 0.05) is 12.5 Å². The molecule has 0 saturated carbocycles. The molecule has 1 atom stereocenters. The third-order valence-corrected chi connectivity index (χ3v) is 3.00. The number of carbonyl (C=O) groups is 1. The van der Waals surface area contributed by atoms with E-state index in [1.165, 1.54) is 25.5 Å². The molecule has 17 heavy (non-hydrogen) atoms. The second-order valence-electron chi connectivity index (χ2n) is 4.53. The summed E-state index contributed by atoms with van der Waals surface area (Å²) in [5.74, 6) is -0.0285. The fraction of sp³-hybridized carbons (Fsp3) is 0.667. The van der Waals surface area contributed by atoms with Gasteiger partial charge in [0.05, 0.1) is 5.69 Å². The molecule has 0 aliphatic carbocycles. The first-order chi connectivity index (χ1) is 8.24. The van der Waals surface area contributed by atoms with Gasteiger partial charge in [-0.15, -0.1) is 0 Å². The van der Waals surface area contributed by atoms with Gasteiger partial charge in [0.15, 0.2) is 0 Å². The number of nitrogens with one attached hydrogen (secondary N) is 2. The summed E-state index contributed by atoms with van der Waals surface area (Å²) in [6.07, 6.45) is 6.60. The summed E-state index contributed by atoms with van der Waals surface area (Å²) in [5, 5.41) is 6.08. The van der Waals surface area contributed by atoms with Gasteiger partial charge in [-0.2, -0.15) is 4.98 Å². The average Bonchev–Trinajstić information content (AvgIpc) is 2.73. The molecule has 94 valence electrons. The second-order valence-corrected chi connectivity index (χ2v) is 4.53. The Kier molecular flexibility index (Phi) is 4.14. The van der Waals surface area contributed by atoms with E-state index in [1.54, 1.807) is 0 Å². The van der Waals surface area contributed by atoms with Crippen molar-refractivity contribution in [2.45, 2.75) is 45.1 Å². The van der Waals surface area contributed by atoms with Crippen molar-refractivity contribution in [3.8, 4) is 0 Å². The minimum atomic E-state index is -0.0285. The van der Waals surface area contributed by atoms with Crippen LogP contribution in [0.5, 0.6) is 0 Å². The van der Waals surface area contributed by atoms with Crippen LogP contribution in [0.1, 0.15) is 37.8 Å². The van der Waals surface area contributed by atoms with Gasteiger partial charge in [0.2, 0.25) is 5.91 Å². The molecule has 5 heteroatoms. The summed E-state index contributed by atoms with van der Waals surface area (Å²) in [5.41, 5.74) is 0.772. The summed E-state index contributed by atoms with van der Waals surface area (Å²) in [6.45, 7) is 2.90. The molecule has 1 aromatic rings. The van der Waals surface area contributed by atoms with Gasteiger partial charge in [-0.25, -0.2) is 0 Å². The lowest BCUT2D eigenvalue weighted by molar-refractivity contribution is -0.116. The molecule has 0 bridgehead atoms. The normalized spacial score (nSPS) is 20.2. The minimum absolute atomic E-state index is 0.0285. The van der Waals surface area contributed by atoms with Crippen LogP contribution in [0.4, 0.5) is 6.01 Å². The Morgan fingerprint density at radius 3 is 3.18 bits per heavy atom. The van der Waals surface area contributed by atoms with Gasteiger partial charge < -0.3 is 9.73 Å². The Bertz CT molecular complexity index is 370. The fourth-order valence-corrected chi connectivity index (χ4v) is 2.07. The number of rotatable bonds is 4. The maximum absolute atomic E-state index is 11.6. The molecule has 2 N–H and O–H groups in total. The van der Waals surface area contributed by atoms with E-state index < -0.39 is 0 Å². The van der Waals surface area contributed by atoms with E-state index >= 15 is 0 Å². The van der Waals surface area contributed by atoms with Crippen LogP contribution in [0, 0.1) is 6.92 Å². The zero-order valence-corrected chi connectivity index (χ0v) is 10.2. The van der Waals surface area contributed by atoms with Gasteiger partial charge in [-0.3, -0.25) is 10.1 Å². The largest absolute Gasteiger partial charge is 0.432 e. The molecule has 2 heterocycles. The molecule has 1 fully saturated rings. The standard InChI is InChI=1S/C12H19N3O2/c1-9-8-17-12(14-9)15-11(16)6-5-10-4-2-3-7-13-10/h8,10,13H,2-7H2,1H3,(H,14,15,16).